The van der Waals surface area contributed by atoms with Gasteiger partial charge in [-0.3, -0.25) is 0 Å². The van der Waals surface area contributed by atoms with Crippen LogP contribution in [0.3, 0.4) is 0 Å². The lowest BCUT2D eigenvalue weighted by molar-refractivity contribution is 0.133. The molecule has 1 atom stereocenters. The largest absolute Gasteiger partial charge is 0.491 e. The lowest BCUT2D eigenvalue weighted by atomic mass is 9.99. The van der Waals surface area contributed by atoms with Gasteiger partial charge in [-0.15, -0.1) is 0 Å². The Kier molecular flexibility index (Phi) is 6.88. The van der Waals surface area contributed by atoms with E-state index in [-0.39, 0.29) is 25.3 Å². The number of anilines is 2. The van der Waals surface area contributed by atoms with Crippen molar-refractivity contribution in [2.45, 2.75) is 19.6 Å². The minimum Gasteiger partial charge on any atom is -0.491 e. The molecule has 0 saturated carbocycles. The van der Waals surface area contributed by atoms with Crippen molar-refractivity contribution >= 4 is 17.7 Å². The van der Waals surface area contributed by atoms with Crippen molar-refractivity contribution in [1.29, 1.82) is 0 Å². The van der Waals surface area contributed by atoms with Crippen molar-refractivity contribution in [2.24, 2.45) is 0 Å². The molecule has 3 aromatic rings. The summed E-state index contributed by atoms with van der Waals surface area (Å²) in [6.45, 7) is 3.61. The number of rotatable bonds is 10. The van der Waals surface area contributed by atoms with Gasteiger partial charge in [0.05, 0.1) is 25.5 Å². The Morgan fingerprint density at radius 2 is 2.16 bits per heavy atom. The third kappa shape index (κ3) is 5.19. The van der Waals surface area contributed by atoms with Gasteiger partial charge in [0, 0.05) is 30.5 Å². The smallest absolute Gasteiger partial charge is 0.315 e. The van der Waals surface area contributed by atoms with Gasteiger partial charge in [-0.05, 0) is 30.2 Å². The Labute approximate surface area is 185 Å². The van der Waals surface area contributed by atoms with Crippen LogP contribution in [0.4, 0.5) is 16.5 Å². The first-order valence-corrected chi connectivity index (χ1v) is 10.5. The molecule has 1 fully saturated rings. The number of urea groups is 1. The summed E-state index contributed by atoms with van der Waals surface area (Å²) >= 11 is 0. The van der Waals surface area contributed by atoms with Crippen LogP contribution in [0.1, 0.15) is 24.1 Å². The summed E-state index contributed by atoms with van der Waals surface area (Å²) in [4.78, 5) is 15.9. The van der Waals surface area contributed by atoms with E-state index < -0.39 is 0 Å². The molecule has 1 aliphatic heterocycles. The van der Waals surface area contributed by atoms with Gasteiger partial charge in [0.1, 0.15) is 12.4 Å². The predicted octanol–water partition coefficient (Wildman–Crippen LogP) is 3.35. The number of carbonyl (C=O) groups is 1. The molecule has 4 rings (SSSR count). The number of aromatic nitrogens is 1. The SMILES string of the molecule is CCOCc1cc(Nc2ncc(-c3ccccc3C3CNC(=O)N3)o2)cc(OCCO)c1. The van der Waals surface area contributed by atoms with E-state index in [2.05, 4.69) is 20.9 Å². The van der Waals surface area contributed by atoms with Gasteiger partial charge in [-0.25, -0.2) is 9.78 Å². The molecule has 9 nitrogen and oxygen atoms in total. The molecule has 0 spiro atoms. The van der Waals surface area contributed by atoms with Gasteiger partial charge < -0.3 is 34.9 Å². The lowest BCUT2D eigenvalue weighted by Gasteiger charge is -2.13. The number of nitrogens with zero attached hydrogens (tertiary/aromatic N) is 1. The Hall–Kier alpha value is -3.56. The lowest BCUT2D eigenvalue weighted by Crippen LogP contribution is -2.21. The molecule has 0 radical (unpaired) electrons. The van der Waals surface area contributed by atoms with Gasteiger partial charge in [-0.1, -0.05) is 24.3 Å². The first-order valence-electron chi connectivity index (χ1n) is 10.5. The second-order valence-corrected chi connectivity index (χ2v) is 7.22. The van der Waals surface area contributed by atoms with Crippen LogP contribution < -0.4 is 20.7 Å². The molecular weight excluding hydrogens is 412 g/mol. The Balaban J connectivity index is 1.55. The van der Waals surface area contributed by atoms with E-state index in [0.29, 0.717) is 37.3 Å². The van der Waals surface area contributed by atoms with Crippen LogP contribution in [-0.4, -0.2) is 42.5 Å². The number of hydrogen-bond donors (Lipinski definition) is 4. The van der Waals surface area contributed by atoms with E-state index in [1.165, 1.54) is 0 Å². The molecule has 32 heavy (non-hydrogen) atoms. The van der Waals surface area contributed by atoms with Crippen molar-refractivity contribution in [1.82, 2.24) is 15.6 Å². The molecule has 0 aliphatic carbocycles. The average Bonchev–Trinajstić information content (AvgIpc) is 3.45. The fourth-order valence-electron chi connectivity index (χ4n) is 3.53. The van der Waals surface area contributed by atoms with E-state index in [0.717, 1.165) is 22.4 Å². The van der Waals surface area contributed by atoms with Gasteiger partial charge in [0.15, 0.2) is 5.76 Å². The number of aliphatic hydroxyl groups excluding tert-OH is 1. The summed E-state index contributed by atoms with van der Waals surface area (Å²) in [6, 6.07) is 13.4. The third-order valence-corrected chi connectivity index (χ3v) is 4.93. The van der Waals surface area contributed by atoms with E-state index in [1.54, 1.807) is 6.20 Å². The van der Waals surface area contributed by atoms with Crippen LogP contribution in [0.5, 0.6) is 5.75 Å². The first kappa shape index (κ1) is 21.7. The zero-order valence-electron chi connectivity index (χ0n) is 17.8. The van der Waals surface area contributed by atoms with Gasteiger partial charge >= 0.3 is 6.03 Å². The molecule has 2 heterocycles. The van der Waals surface area contributed by atoms with Crippen molar-refractivity contribution < 1.29 is 23.8 Å². The number of nitrogens with one attached hydrogen (secondary N) is 3. The highest BCUT2D eigenvalue weighted by Crippen LogP contribution is 2.32. The Morgan fingerprint density at radius 1 is 1.28 bits per heavy atom. The van der Waals surface area contributed by atoms with E-state index in [1.807, 2.05) is 49.4 Å². The molecular formula is C23H26N4O5. The second kappa shape index (κ2) is 10.2. The summed E-state index contributed by atoms with van der Waals surface area (Å²) in [5, 5.41) is 17.9. The molecule has 1 saturated heterocycles. The summed E-state index contributed by atoms with van der Waals surface area (Å²) < 4.78 is 17.1. The number of ether oxygens (including phenoxy) is 2. The summed E-state index contributed by atoms with van der Waals surface area (Å²) in [7, 11) is 0. The molecule has 0 bridgehead atoms. The van der Waals surface area contributed by atoms with Crippen molar-refractivity contribution in [3.05, 3.63) is 59.8 Å². The van der Waals surface area contributed by atoms with Gasteiger partial charge in [0.25, 0.3) is 6.01 Å². The number of hydrogen-bond acceptors (Lipinski definition) is 7. The average molecular weight is 438 g/mol. The summed E-state index contributed by atoms with van der Waals surface area (Å²) in [6.07, 6.45) is 1.65. The molecule has 1 aromatic heterocycles. The number of aliphatic hydroxyl groups is 1. The normalized spacial score (nSPS) is 15.3. The maximum Gasteiger partial charge on any atom is 0.315 e. The Bertz CT molecular complexity index is 1040. The number of carbonyl (C=O) groups excluding carboxylic acids is 1. The quantitative estimate of drug-likeness (QED) is 0.383. The number of oxazole rings is 1. The molecule has 168 valence electrons. The minimum atomic E-state index is -0.184. The van der Waals surface area contributed by atoms with E-state index in [4.69, 9.17) is 19.0 Å². The van der Waals surface area contributed by atoms with Crippen LogP contribution in [0.2, 0.25) is 0 Å². The fourth-order valence-corrected chi connectivity index (χ4v) is 3.53. The maximum absolute atomic E-state index is 11.6. The number of amides is 2. The molecule has 1 aliphatic rings. The molecule has 4 N–H and O–H groups in total. The molecule has 1 unspecified atom stereocenters. The maximum atomic E-state index is 11.6. The van der Waals surface area contributed by atoms with Crippen molar-refractivity contribution in [3.8, 4) is 17.1 Å². The van der Waals surface area contributed by atoms with Crippen molar-refractivity contribution in [3.63, 3.8) is 0 Å². The topological polar surface area (TPSA) is 118 Å². The minimum absolute atomic E-state index is 0.0715. The summed E-state index contributed by atoms with van der Waals surface area (Å²) in [5.41, 5.74) is 3.46. The first-order chi connectivity index (χ1) is 15.7. The van der Waals surface area contributed by atoms with Crippen LogP contribution >= 0.6 is 0 Å². The fraction of sp³-hybridized carbons (Fsp3) is 0.304. The van der Waals surface area contributed by atoms with Crippen LogP contribution in [0.25, 0.3) is 11.3 Å². The van der Waals surface area contributed by atoms with Gasteiger partial charge in [0.2, 0.25) is 0 Å². The highest BCUT2D eigenvalue weighted by Gasteiger charge is 2.25. The zero-order chi connectivity index (χ0) is 22.3. The summed E-state index contributed by atoms with van der Waals surface area (Å²) in [5.74, 6) is 1.20. The van der Waals surface area contributed by atoms with Crippen LogP contribution in [-0.2, 0) is 11.3 Å². The van der Waals surface area contributed by atoms with E-state index in [9.17, 15) is 4.79 Å². The highest BCUT2D eigenvalue weighted by atomic mass is 16.5. The Morgan fingerprint density at radius 3 is 2.94 bits per heavy atom. The van der Waals surface area contributed by atoms with Gasteiger partial charge in [-0.2, -0.15) is 0 Å². The predicted molar refractivity (Wildman–Crippen MR) is 119 cm³/mol. The zero-order valence-corrected chi connectivity index (χ0v) is 17.8. The third-order valence-electron chi connectivity index (χ3n) is 4.93. The molecule has 2 aromatic carbocycles. The van der Waals surface area contributed by atoms with Crippen molar-refractivity contribution in [2.75, 3.05) is 31.7 Å². The molecule has 2 amide bonds. The van der Waals surface area contributed by atoms with Crippen LogP contribution in [0.15, 0.2) is 53.1 Å². The van der Waals surface area contributed by atoms with E-state index >= 15 is 0 Å². The monoisotopic (exact) mass is 438 g/mol. The van der Waals surface area contributed by atoms with Crippen LogP contribution in [0, 0.1) is 0 Å². The number of benzene rings is 2. The highest BCUT2D eigenvalue weighted by molar-refractivity contribution is 5.78. The molecule has 9 heteroatoms. The standard InChI is InChI=1S/C23H26N4O5/c1-2-30-14-15-9-16(11-17(10-15)31-8-7-28)26-23-25-13-21(32-23)19-6-4-3-5-18(19)20-12-24-22(29)27-20/h3-6,9-11,13,20,28H,2,7-8,12,14H2,1H3,(H,25,26)(H2,24,27,29). The second-order valence-electron chi connectivity index (χ2n) is 7.22.